The van der Waals surface area contributed by atoms with Crippen LogP contribution in [0.15, 0.2) is 59.6 Å². The first-order chi connectivity index (χ1) is 13.9. The standard InChI is InChI=1S/C22H22ClN3O2S/c1-14(2)15-3-7-17(8-4-15)25-22-19(13-24-25)20-11-12-21(22)26(20)29(27,28)18-9-5-16(23)6-10-18/h3-10,13-14,20-21H,11-12H2,1-2H3. The Morgan fingerprint density at radius 2 is 1.66 bits per heavy atom. The van der Waals surface area contributed by atoms with Gasteiger partial charge in [-0.1, -0.05) is 37.6 Å². The average Bonchev–Trinajstić information content (AvgIpc) is 3.40. The fourth-order valence-corrected chi connectivity index (χ4v) is 6.51. The van der Waals surface area contributed by atoms with E-state index in [-0.39, 0.29) is 17.0 Å². The third kappa shape index (κ3) is 2.85. The minimum atomic E-state index is -3.61. The summed E-state index contributed by atoms with van der Waals surface area (Å²) in [6, 6.07) is 14.4. The molecule has 2 aromatic carbocycles. The number of rotatable bonds is 4. The highest BCUT2D eigenvalue weighted by molar-refractivity contribution is 7.89. The van der Waals surface area contributed by atoms with E-state index < -0.39 is 10.0 Å². The third-order valence-electron chi connectivity index (χ3n) is 6.03. The van der Waals surface area contributed by atoms with Gasteiger partial charge in [0.05, 0.1) is 34.6 Å². The zero-order valence-electron chi connectivity index (χ0n) is 16.3. The van der Waals surface area contributed by atoms with Crippen LogP contribution in [0, 0.1) is 0 Å². The molecule has 1 saturated heterocycles. The van der Waals surface area contributed by atoms with Gasteiger partial charge in [-0.15, -0.1) is 0 Å². The minimum absolute atomic E-state index is 0.153. The highest BCUT2D eigenvalue weighted by Crippen LogP contribution is 2.55. The molecule has 0 N–H and O–H groups in total. The summed E-state index contributed by atoms with van der Waals surface area (Å²) >= 11 is 5.95. The van der Waals surface area contributed by atoms with Gasteiger partial charge in [-0.3, -0.25) is 0 Å². The monoisotopic (exact) mass is 427 g/mol. The van der Waals surface area contributed by atoms with Crippen molar-refractivity contribution in [1.82, 2.24) is 14.1 Å². The van der Waals surface area contributed by atoms with E-state index in [1.807, 2.05) is 10.9 Å². The molecule has 150 valence electrons. The molecule has 5 nitrogen and oxygen atoms in total. The molecule has 3 aromatic rings. The Kier molecular flexibility index (Phi) is 4.35. The predicted octanol–water partition coefficient (Wildman–Crippen LogP) is 5.23. The second kappa shape index (κ2) is 6.69. The summed E-state index contributed by atoms with van der Waals surface area (Å²) in [6.45, 7) is 4.33. The number of aromatic nitrogens is 2. The average molecular weight is 428 g/mol. The number of fused-ring (bicyclic) bond motifs is 5. The normalized spacial score (nSPS) is 21.1. The first kappa shape index (κ1) is 18.9. The van der Waals surface area contributed by atoms with Gasteiger partial charge in [0.1, 0.15) is 0 Å². The van der Waals surface area contributed by atoms with Gasteiger partial charge >= 0.3 is 0 Å². The summed E-state index contributed by atoms with van der Waals surface area (Å²) in [6.07, 6.45) is 3.46. The smallest absolute Gasteiger partial charge is 0.236 e. The van der Waals surface area contributed by atoms with E-state index in [0.717, 1.165) is 29.8 Å². The molecule has 5 rings (SSSR count). The third-order valence-corrected chi connectivity index (χ3v) is 8.22. The van der Waals surface area contributed by atoms with Crippen LogP contribution in [0.2, 0.25) is 5.02 Å². The van der Waals surface area contributed by atoms with E-state index >= 15 is 0 Å². The summed E-state index contributed by atoms with van der Waals surface area (Å²) in [5, 5.41) is 5.13. The Bertz CT molecular complexity index is 1170. The van der Waals surface area contributed by atoms with Crippen LogP contribution >= 0.6 is 11.6 Å². The van der Waals surface area contributed by atoms with Gasteiger partial charge < -0.3 is 0 Å². The van der Waals surface area contributed by atoms with Crippen LogP contribution in [0.5, 0.6) is 0 Å². The van der Waals surface area contributed by atoms with Gasteiger partial charge in [0.25, 0.3) is 0 Å². The molecule has 1 fully saturated rings. The van der Waals surface area contributed by atoms with Crippen LogP contribution in [0.3, 0.4) is 0 Å². The van der Waals surface area contributed by atoms with Crippen LogP contribution in [0.1, 0.15) is 61.5 Å². The number of nitrogens with zero attached hydrogens (tertiary/aromatic N) is 3. The Morgan fingerprint density at radius 3 is 2.31 bits per heavy atom. The summed E-state index contributed by atoms with van der Waals surface area (Å²) < 4.78 is 30.4. The molecule has 2 bridgehead atoms. The lowest BCUT2D eigenvalue weighted by Gasteiger charge is -2.22. The van der Waals surface area contributed by atoms with Crippen LogP contribution in [0.4, 0.5) is 0 Å². The Morgan fingerprint density at radius 1 is 1.00 bits per heavy atom. The summed E-state index contributed by atoms with van der Waals surface area (Å²) in [5.41, 5.74) is 4.25. The second-order valence-electron chi connectivity index (χ2n) is 8.04. The zero-order chi connectivity index (χ0) is 20.3. The maximum absolute atomic E-state index is 13.4. The number of hydrogen-bond acceptors (Lipinski definition) is 3. The van der Waals surface area contributed by atoms with Crippen LogP contribution in [0.25, 0.3) is 5.69 Å². The van der Waals surface area contributed by atoms with Gasteiger partial charge in [-0.05, 0) is 60.7 Å². The number of halogens is 1. The summed E-state index contributed by atoms with van der Waals surface area (Å²) in [7, 11) is -3.61. The van der Waals surface area contributed by atoms with Crippen molar-refractivity contribution < 1.29 is 8.42 Å². The quantitative estimate of drug-likeness (QED) is 0.572. The molecule has 0 amide bonds. The predicted molar refractivity (Wildman–Crippen MR) is 113 cm³/mol. The van der Waals surface area contributed by atoms with Gasteiger partial charge in [-0.2, -0.15) is 9.40 Å². The topological polar surface area (TPSA) is 55.2 Å². The van der Waals surface area contributed by atoms with Gasteiger partial charge in [0.15, 0.2) is 0 Å². The molecule has 0 aliphatic carbocycles. The highest BCUT2D eigenvalue weighted by atomic mass is 35.5. The van der Waals surface area contributed by atoms with Gasteiger partial charge in [-0.25, -0.2) is 13.1 Å². The van der Waals surface area contributed by atoms with E-state index in [0.29, 0.717) is 10.9 Å². The zero-order valence-corrected chi connectivity index (χ0v) is 17.9. The molecule has 2 unspecified atom stereocenters. The molecule has 2 aliphatic rings. The molecular formula is C22H22ClN3O2S. The minimum Gasteiger partial charge on any atom is -0.236 e. The van der Waals surface area contributed by atoms with Crippen molar-refractivity contribution in [2.24, 2.45) is 0 Å². The van der Waals surface area contributed by atoms with Crippen molar-refractivity contribution in [2.75, 3.05) is 0 Å². The van der Waals surface area contributed by atoms with Crippen LogP contribution in [-0.4, -0.2) is 22.5 Å². The number of hydrogen-bond donors (Lipinski definition) is 0. The van der Waals surface area contributed by atoms with E-state index in [9.17, 15) is 8.42 Å². The van der Waals surface area contributed by atoms with Crippen LogP contribution < -0.4 is 0 Å². The highest BCUT2D eigenvalue weighted by Gasteiger charge is 2.52. The van der Waals surface area contributed by atoms with Gasteiger partial charge in [0, 0.05) is 10.6 Å². The number of sulfonamides is 1. The maximum atomic E-state index is 13.4. The molecule has 3 heterocycles. The second-order valence-corrected chi connectivity index (χ2v) is 10.3. The fourth-order valence-electron chi connectivity index (χ4n) is 4.57. The first-order valence-corrected chi connectivity index (χ1v) is 11.7. The van der Waals surface area contributed by atoms with Gasteiger partial charge in [0.2, 0.25) is 10.0 Å². The van der Waals surface area contributed by atoms with E-state index in [1.54, 1.807) is 28.6 Å². The van der Waals surface area contributed by atoms with E-state index in [4.69, 9.17) is 11.6 Å². The molecule has 2 atom stereocenters. The Balaban J connectivity index is 1.54. The molecule has 1 aromatic heterocycles. The SMILES string of the molecule is CC(C)c1ccc(-n2ncc3c2C2CCC3N2S(=O)(=O)c2ccc(Cl)cc2)cc1. The Labute approximate surface area is 176 Å². The molecule has 2 aliphatic heterocycles. The lowest BCUT2D eigenvalue weighted by atomic mass is 9.98. The van der Waals surface area contributed by atoms with Crippen molar-refractivity contribution in [2.45, 2.75) is 49.6 Å². The fraction of sp³-hybridized carbons (Fsp3) is 0.318. The molecule has 0 spiro atoms. The summed E-state index contributed by atoms with van der Waals surface area (Å²) in [5.74, 6) is 0.461. The van der Waals surface area contributed by atoms with Crippen molar-refractivity contribution in [1.29, 1.82) is 0 Å². The van der Waals surface area contributed by atoms with Crippen LogP contribution in [-0.2, 0) is 10.0 Å². The van der Waals surface area contributed by atoms with Crippen molar-refractivity contribution in [3.8, 4) is 5.69 Å². The molecule has 0 radical (unpaired) electrons. The lowest BCUT2D eigenvalue weighted by molar-refractivity contribution is 0.358. The maximum Gasteiger partial charge on any atom is 0.244 e. The van der Waals surface area contributed by atoms with E-state index in [1.165, 1.54) is 5.56 Å². The largest absolute Gasteiger partial charge is 0.244 e. The Hall–Kier alpha value is -2.15. The molecular weight excluding hydrogens is 406 g/mol. The first-order valence-electron chi connectivity index (χ1n) is 9.85. The number of benzene rings is 2. The molecule has 0 saturated carbocycles. The van der Waals surface area contributed by atoms with E-state index in [2.05, 4.69) is 43.2 Å². The molecule has 7 heteroatoms. The van der Waals surface area contributed by atoms with Crippen molar-refractivity contribution in [3.05, 3.63) is 76.6 Å². The lowest BCUT2D eigenvalue weighted by Crippen LogP contribution is -2.29. The molecule has 29 heavy (non-hydrogen) atoms. The van der Waals surface area contributed by atoms with Crippen molar-refractivity contribution >= 4 is 21.6 Å². The summed E-state index contributed by atoms with van der Waals surface area (Å²) in [4.78, 5) is 0.282. The van der Waals surface area contributed by atoms with Crippen molar-refractivity contribution in [3.63, 3.8) is 0 Å².